The molecule has 1 N–H and O–H groups in total. The van der Waals surface area contributed by atoms with E-state index in [1.165, 1.54) is 5.56 Å². The summed E-state index contributed by atoms with van der Waals surface area (Å²) in [5, 5.41) is 3.14. The van der Waals surface area contributed by atoms with Gasteiger partial charge in [-0.25, -0.2) is 0 Å². The van der Waals surface area contributed by atoms with E-state index in [0.717, 1.165) is 11.3 Å². The SMILES string of the molecule is CC(C)(C)NC(=O)C1c2ccccc2OCCN1Cc1ccccc1. The molecule has 1 amide bonds. The smallest absolute Gasteiger partial charge is 0.242 e. The summed E-state index contributed by atoms with van der Waals surface area (Å²) in [7, 11) is 0. The zero-order valence-electron chi connectivity index (χ0n) is 15.2. The Hall–Kier alpha value is -2.33. The van der Waals surface area contributed by atoms with E-state index in [-0.39, 0.29) is 17.5 Å². The first-order valence-corrected chi connectivity index (χ1v) is 8.76. The minimum atomic E-state index is -0.363. The van der Waals surface area contributed by atoms with E-state index in [9.17, 15) is 4.79 Å². The van der Waals surface area contributed by atoms with Gasteiger partial charge in [-0.05, 0) is 32.4 Å². The fraction of sp³-hybridized carbons (Fsp3) is 0.381. The van der Waals surface area contributed by atoms with E-state index in [1.54, 1.807) is 0 Å². The maximum atomic E-state index is 13.1. The largest absolute Gasteiger partial charge is 0.492 e. The van der Waals surface area contributed by atoms with Gasteiger partial charge in [-0.2, -0.15) is 0 Å². The van der Waals surface area contributed by atoms with Gasteiger partial charge < -0.3 is 10.1 Å². The van der Waals surface area contributed by atoms with Gasteiger partial charge in [-0.3, -0.25) is 9.69 Å². The van der Waals surface area contributed by atoms with Crippen molar-refractivity contribution in [1.82, 2.24) is 10.2 Å². The summed E-state index contributed by atoms with van der Waals surface area (Å²) in [5.41, 5.74) is 1.84. The molecule has 0 aromatic heterocycles. The standard InChI is InChI=1S/C21H26N2O2/c1-21(2,3)22-20(24)19-17-11-7-8-12-18(17)25-14-13-23(19)15-16-9-5-4-6-10-16/h4-12,19H,13-15H2,1-3H3,(H,22,24). The number of carbonyl (C=O) groups excluding carboxylic acids is 1. The normalized spacial score (nSPS) is 18.0. The number of rotatable bonds is 3. The molecule has 0 radical (unpaired) electrons. The van der Waals surface area contributed by atoms with Crippen LogP contribution in [-0.4, -0.2) is 29.5 Å². The van der Waals surface area contributed by atoms with E-state index >= 15 is 0 Å². The molecule has 4 nitrogen and oxygen atoms in total. The third kappa shape index (κ3) is 4.40. The summed E-state index contributed by atoms with van der Waals surface area (Å²) in [6.45, 7) is 8.00. The number of hydrogen-bond donors (Lipinski definition) is 1. The van der Waals surface area contributed by atoms with Crippen molar-refractivity contribution in [3.63, 3.8) is 0 Å². The van der Waals surface area contributed by atoms with Crippen molar-refractivity contribution in [1.29, 1.82) is 0 Å². The van der Waals surface area contributed by atoms with Gasteiger partial charge in [0.25, 0.3) is 0 Å². The number of para-hydroxylation sites is 1. The number of benzene rings is 2. The lowest BCUT2D eigenvalue weighted by atomic mass is 10.0. The highest BCUT2D eigenvalue weighted by Gasteiger charge is 2.33. The molecule has 2 aromatic rings. The topological polar surface area (TPSA) is 41.6 Å². The first-order valence-electron chi connectivity index (χ1n) is 8.76. The van der Waals surface area contributed by atoms with Crippen LogP contribution >= 0.6 is 0 Å². The van der Waals surface area contributed by atoms with Gasteiger partial charge in [0.2, 0.25) is 5.91 Å². The molecule has 0 spiro atoms. The van der Waals surface area contributed by atoms with Crippen molar-refractivity contribution < 1.29 is 9.53 Å². The number of carbonyl (C=O) groups is 1. The fourth-order valence-electron chi connectivity index (χ4n) is 3.17. The third-order valence-electron chi connectivity index (χ3n) is 4.19. The van der Waals surface area contributed by atoms with Crippen LogP contribution in [0, 0.1) is 0 Å². The number of hydrogen-bond acceptors (Lipinski definition) is 3. The second kappa shape index (κ2) is 7.28. The summed E-state index contributed by atoms with van der Waals surface area (Å²) in [6, 6.07) is 17.7. The lowest BCUT2D eigenvalue weighted by Gasteiger charge is -2.32. The summed E-state index contributed by atoms with van der Waals surface area (Å²) >= 11 is 0. The van der Waals surface area contributed by atoms with Crippen LogP contribution in [0.4, 0.5) is 0 Å². The van der Waals surface area contributed by atoms with Crippen LogP contribution in [0.25, 0.3) is 0 Å². The van der Waals surface area contributed by atoms with E-state index in [2.05, 4.69) is 22.3 Å². The molecule has 3 rings (SSSR count). The van der Waals surface area contributed by atoms with Gasteiger partial charge in [-0.1, -0.05) is 48.5 Å². The van der Waals surface area contributed by atoms with Gasteiger partial charge in [0.15, 0.2) is 0 Å². The van der Waals surface area contributed by atoms with Gasteiger partial charge >= 0.3 is 0 Å². The minimum absolute atomic E-state index is 0.0152. The number of amides is 1. The van der Waals surface area contributed by atoms with Crippen LogP contribution in [0.5, 0.6) is 5.75 Å². The van der Waals surface area contributed by atoms with Gasteiger partial charge in [0.1, 0.15) is 18.4 Å². The summed E-state index contributed by atoms with van der Waals surface area (Å²) in [5.74, 6) is 0.813. The van der Waals surface area contributed by atoms with Crippen LogP contribution in [-0.2, 0) is 11.3 Å². The predicted octanol–water partition coefficient (Wildman–Crippen LogP) is 3.54. The summed E-state index contributed by atoms with van der Waals surface area (Å²) in [6.07, 6.45) is 0. The molecule has 1 aliphatic rings. The Kier molecular flexibility index (Phi) is 5.09. The van der Waals surface area contributed by atoms with Crippen molar-refractivity contribution in [2.75, 3.05) is 13.2 Å². The van der Waals surface area contributed by atoms with Gasteiger partial charge in [0, 0.05) is 24.2 Å². The van der Waals surface area contributed by atoms with Crippen LogP contribution < -0.4 is 10.1 Å². The molecule has 25 heavy (non-hydrogen) atoms. The Bertz CT molecular complexity index is 722. The molecule has 0 fully saturated rings. The molecule has 2 aromatic carbocycles. The maximum Gasteiger partial charge on any atom is 0.242 e. The second-order valence-corrected chi connectivity index (χ2v) is 7.48. The number of nitrogens with zero attached hydrogens (tertiary/aromatic N) is 1. The van der Waals surface area contributed by atoms with E-state index in [4.69, 9.17) is 4.74 Å². The molecule has 0 bridgehead atoms. The van der Waals surface area contributed by atoms with Gasteiger partial charge in [-0.15, -0.1) is 0 Å². The van der Waals surface area contributed by atoms with Crippen LogP contribution in [0.1, 0.15) is 37.9 Å². The number of fused-ring (bicyclic) bond motifs is 1. The van der Waals surface area contributed by atoms with E-state index < -0.39 is 0 Å². The van der Waals surface area contributed by atoms with Crippen molar-refractivity contribution in [3.8, 4) is 5.75 Å². The van der Waals surface area contributed by atoms with E-state index in [0.29, 0.717) is 19.7 Å². The first kappa shape index (κ1) is 17.5. The zero-order chi connectivity index (χ0) is 17.9. The average molecular weight is 338 g/mol. The Labute approximate surface area is 149 Å². The Morgan fingerprint density at radius 2 is 1.80 bits per heavy atom. The number of nitrogens with one attached hydrogen (secondary N) is 1. The minimum Gasteiger partial charge on any atom is -0.492 e. The maximum absolute atomic E-state index is 13.1. The highest BCUT2D eigenvalue weighted by Crippen LogP contribution is 2.33. The lowest BCUT2D eigenvalue weighted by Crippen LogP contribution is -2.47. The Morgan fingerprint density at radius 1 is 1.12 bits per heavy atom. The molecule has 1 heterocycles. The molecule has 0 saturated carbocycles. The van der Waals surface area contributed by atoms with Crippen molar-refractivity contribution in [2.24, 2.45) is 0 Å². The molecule has 1 unspecified atom stereocenters. The third-order valence-corrected chi connectivity index (χ3v) is 4.19. The first-order chi connectivity index (χ1) is 11.9. The van der Waals surface area contributed by atoms with Gasteiger partial charge in [0.05, 0.1) is 0 Å². The molecule has 1 aliphatic heterocycles. The van der Waals surface area contributed by atoms with Crippen molar-refractivity contribution in [3.05, 3.63) is 65.7 Å². The number of ether oxygens (including phenoxy) is 1. The summed E-state index contributed by atoms with van der Waals surface area (Å²) in [4.78, 5) is 15.3. The highest BCUT2D eigenvalue weighted by molar-refractivity contribution is 5.84. The molecule has 132 valence electrons. The van der Waals surface area contributed by atoms with Crippen LogP contribution in [0.3, 0.4) is 0 Å². The fourth-order valence-corrected chi connectivity index (χ4v) is 3.17. The predicted molar refractivity (Wildman–Crippen MR) is 99.4 cm³/mol. The van der Waals surface area contributed by atoms with Crippen molar-refractivity contribution >= 4 is 5.91 Å². The summed E-state index contributed by atoms with van der Waals surface area (Å²) < 4.78 is 5.91. The average Bonchev–Trinajstić information content (AvgIpc) is 2.73. The zero-order valence-corrected chi connectivity index (χ0v) is 15.2. The molecular formula is C21H26N2O2. The molecule has 4 heteroatoms. The molecule has 1 atom stereocenters. The highest BCUT2D eigenvalue weighted by atomic mass is 16.5. The quantitative estimate of drug-likeness (QED) is 0.931. The molecule has 0 aliphatic carbocycles. The van der Waals surface area contributed by atoms with Crippen LogP contribution in [0.15, 0.2) is 54.6 Å². The van der Waals surface area contributed by atoms with E-state index in [1.807, 2.05) is 63.2 Å². The lowest BCUT2D eigenvalue weighted by molar-refractivity contribution is -0.128. The van der Waals surface area contributed by atoms with Crippen molar-refractivity contribution in [2.45, 2.75) is 38.9 Å². The monoisotopic (exact) mass is 338 g/mol. The molecule has 0 saturated heterocycles. The van der Waals surface area contributed by atoms with Crippen LogP contribution in [0.2, 0.25) is 0 Å². The Balaban J connectivity index is 1.95. The Morgan fingerprint density at radius 3 is 2.52 bits per heavy atom. The second-order valence-electron chi connectivity index (χ2n) is 7.48. The molecular weight excluding hydrogens is 312 g/mol.